The Balaban J connectivity index is 1.79. The highest BCUT2D eigenvalue weighted by molar-refractivity contribution is 6.34. The van der Waals surface area contributed by atoms with Crippen molar-refractivity contribution in [1.82, 2.24) is 10.2 Å². The van der Waals surface area contributed by atoms with E-state index < -0.39 is 0 Å². The van der Waals surface area contributed by atoms with Gasteiger partial charge in [0, 0.05) is 31.7 Å². The number of ether oxygens (including phenoxy) is 1. The molecule has 114 valence electrons. The second-order valence-corrected chi connectivity index (χ2v) is 5.15. The number of nitrogens with one attached hydrogen (secondary N) is 1. The molecule has 7 heteroatoms. The SMILES string of the molecule is Nc1ccc(C(=O)NCCC(=O)N2CCOCC2)c(Cl)c1. The van der Waals surface area contributed by atoms with Crippen LogP contribution in [-0.4, -0.2) is 49.6 Å². The number of anilines is 1. The van der Waals surface area contributed by atoms with Crippen LogP contribution in [-0.2, 0) is 9.53 Å². The van der Waals surface area contributed by atoms with E-state index in [4.69, 9.17) is 22.1 Å². The summed E-state index contributed by atoms with van der Waals surface area (Å²) < 4.78 is 5.18. The maximum atomic E-state index is 12.0. The van der Waals surface area contributed by atoms with Gasteiger partial charge in [-0.2, -0.15) is 0 Å². The summed E-state index contributed by atoms with van der Waals surface area (Å²) in [6.07, 6.45) is 0.262. The van der Waals surface area contributed by atoms with E-state index in [-0.39, 0.29) is 24.8 Å². The van der Waals surface area contributed by atoms with Gasteiger partial charge in [0.2, 0.25) is 5.91 Å². The van der Waals surface area contributed by atoms with Crippen molar-refractivity contribution in [2.75, 3.05) is 38.6 Å². The van der Waals surface area contributed by atoms with Crippen LogP contribution in [0.3, 0.4) is 0 Å². The standard InChI is InChI=1S/C14H18ClN3O3/c15-12-9-10(16)1-2-11(12)14(20)17-4-3-13(19)18-5-7-21-8-6-18/h1-2,9H,3-8,16H2,(H,17,20). The van der Waals surface area contributed by atoms with Crippen molar-refractivity contribution in [3.05, 3.63) is 28.8 Å². The number of nitrogens with two attached hydrogens (primary N) is 1. The number of carbonyl (C=O) groups excluding carboxylic acids is 2. The quantitative estimate of drug-likeness (QED) is 0.809. The Labute approximate surface area is 128 Å². The van der Waals surface area contributed by atoms with Gasteiger partial charge in [0.05, 0.1) is 23.8 Å². The third-order valence-electron chi connectivity index (χ3n) is 3.23. The first kappa shape index (κ1) is 15.6. The molecule has 0 bridgehead atoms. The molecule has 0 aromatic heterocycles. The lowest BCUT2D eigenvalue weighted by molar-refractivity contribution is -0.135. The summed E-state index contributed by atoms with van der Waals surface area (Å²) in [5, 5.41) is 2.98. The minimum absolute atomic E-state index is 0.0157. The molecule has 1 fully saturated rings. The maximum absolute atomic E-state index is 12.0. The average Bonchev–Trinajstić information content (AvgIpc) is 2.47. The lowest BCUT2D eigenvalue weighted by Crippen LogP contribution is -2.42. The third-order valence-corrected chi connectivity index (χ3v) is 3.54. The monoisotopic (exact) mass is 311 g/mol. The van der Waals surface area contributed by atoms with Crippen molar-refractivity contribution in [3.63, 3.8) is 0 Å². The number of hydrogen-bond acceptors (Lipinski definition) is 4. The highest BCUT2D eigenvalue weighted by atomic mass is 35.5. The highest BCUT2D eigenvalue weighted by Gasteiger charge is 2.17. The Morgan fingerprint density at radius 2 is 2.05 bits per heavy atom. The van der Waals surface area contributed by atoms with Crippen LogP contribution >= 0.6 is 11.6 Å². The number of benzene rings is 1. The van der Waals surface area contributed by atoms with Gasteiger partial charge in [-0.25, -0.2) is 0 Å². The van der Waals surface area contributed by atoms with Gasteiger partial charge >= 0.3 is 0 Å². The number of morpholine rings is 1. The lowest BCUT2D eigenvalue weighted by Gasteiger charge is -2.26. The smallest absolute Gasteiger partial charge is 0.252 e. The fourth-order valence-electron chi connectivity index (χ4n) is 2.06. The molecule has 1 saturated heterocycles. The number of amides is 2. The molecule has 21 heavy (non-hydrogen) atoms. The summed E-state index contributed by atoms with van der Waals surface area (Å²) in [5.74, 6) is -0.295. The molecule has 1 aliphatic heterocycles. The Kier molecular flexibility index (Phi) is 5.41. The van der Waals surface area contributed by atoms with E-state index >= 15 is 0 Å². The summed E-state index contributed by atoms with van der Waals surface area (Å²) in [7, 11) is 0. The van der Waals surface area contributed by atoms with Gasteiger partial charge < -0.3 is 20.7 Å². The van der Waals surface area contributed by atoms with Crippen LogP contribution in [0.2, 0.25) is 5.02 Å². The summed E-state index contributed by atoms with van der Waals surface area (Å²) in [6.45, 7) is 2.63. The molecule has 0 spiro atoms. The van der Waals surface area contributed by atoms with E-state index in [2.05, 4.69) is 5.32 Å². The van der Waals surface area contributed by atoms with Gasteiger partial charge in [-0.3, -0.25) is 9.59 Å². The Bertz CT molecular complexity index is 530. The van der Waals surface area contributed by atoms with Crippen LogP contribution < -0.4 is 11.1 Å². The first-order valence-corrected chi connectivity index (χ1v) is 7.14. The molecule has 3 N–H and O–H groups in total. The number of rotatable bonds is 4. The molecule has 1 aliphatic rings. The molecule has 2 amide bonds. The first-order valence-electron chi connectivity index (χ1n) is 6.76. The van der Waals surface area contributed by atoms with Crippen LogP contribution in [0.1, 0.15) is 16.8 Å². The van der Waals surface area contributed by atoms with Crippen molar-refractivity contribution in [1.29, 1.82) is 0 Å². The second kappa shape index (κ2) is 7.28. The van der Waals surface area contributed by atoms with Crippen LogP contribution in [0.15, 0.2) is 18.2 Å². The molecule has 2 rings (SSSR count). The molecular weight excluding hydrogens is 294 g/mol. The van der Waals surface area contributed by atoms with Crippen molar-refractivity contribution < 1.29 is 14.3 Å². The fourth-order valence-corrected chi connectivity index (χ4v) is 2.34. The van der Waals surface area contributed by atoms with Crippen molar-refractivity contribution in [3.8, 4) is 0 Å². The Hall–Kier alpha value is -1.79. The summed E-state index contributed by atoms with van der Waals surface area (Å²) >= 11 is 5.96. The van der Waals surface area contributed by atoms with Crippen LogP contribution in [0, 0.1) is 0 Å². The zero-order chi connectivity index (χ0) is 15.2. The van der Waals surface area contributed by atoms with E-state index in [1.54, 1.807) is 17.0 Å². The van der Waals surface area contributed by atoms with Crippen LogP contribution in [0.25, 0.3) is 0 Å². The van der Waals surface area contributed by atoms with Gasteiger partial charge in [-0.15, -0.1) is 0 Å². The van der Waals surface area contributed by atoms with E-state index in [0.717, 1.165) is 0 Å². The molecule has 0 aliphatic carbocycles. The number of nitrogens with zero attached hydrogens (tertiary/aromatic N) is 1. The van der Waals surface area contributed by atoms with Crippen LogP contribution in [0.5, 0.6) is 0 Å². The predicted octanol–water partition coefficient (Wildman–Crippen LogP) is 0.901. The zero-order valence-corrected chi connectivity index (χ0v) is 12.4. The molecule has 0 atom stereocenters. The average molecular weight is 312 g/mol. The number of halogens is 1. The molecule has 0 radical (unpaired) electrons. The molecule has 0 saturated carbocycles. The molecule has 1 heterocycles. The van der Waals surface area contributed by atoms with Gasteiger partial charge in [0.25, 0.3) is 5.91 Å². The minimum Gasteiger partial charge on any atom is -0.399 e. The van der Waals surface area contributed by atoms with Crippen molar-refractivity contribution >= 4 is 29.1 Å². The Morgan fingerprint density at radius 3 is 2.71 bits per heavy atom. The summed E-state index contributed by atoms with van der Waals surface area (Å²) in [6, 6.07) is 4.70. The van der Waals surface area contributed by atoms with E-state index in [1.807, 2.05) is 0 Å². The largest absolute Gasteiger partial charge is 0.399 e. The highest BCUT2D eigenvalue weighted by Crippen LogP contribution is 2.18. The Morgan fingerprint density at radius 1 is 1.33 bits per heavy atom. The van der Waals surface area contributed by atoms with Crippen molar-refractivity contribution in [2.45, 2.75) is 6.42 Å². The first-order chi connectivity index (χ1) is 10.1. The van der Waals surface area contributed by atoms with E-state index in [0.29, 0.717) is 42.6 Å². The van der Waals surface area contributed by atoms with Gasteiger partial charge in [0.15, 0.2) is 0 Å². The molecule has 1 aromatic rings. The topological polar surface area (TPSA) is 84.7 Å². The van der Waals surface area contributed by atoms with E-state index in [9.17, 15) is 9.59 Å². The molecular formula is C14H18ClN3O3. The number of hydrogen-bond donors (Lipinski definition) is 2. The van der Waals surface area contributed by atoms with Gasteiger partial charge in [-0.1, -0.05) is 11.6 Å². The fraction of sp³-hybridized carbons (Fsp3) is 0.429. The minimum atomic E-state index is -0.310. The normalized spacial score (nSPS) is 14.8. The number of nitrogen functional groups attached to an aromatic ring is 1. The zero-order valence-electron chi connectivity index (χ0n) is 11.6. The summed E-state index contributed by atoms with van der Waals surface area (Å²) in [4.78, 5) is 25.6. The predicted molar refractivity (Wildman–Crippen MR) is 80.2 cm³/mol. The van der Waals surface area contributed by atoms with Crippen molar-refractivity contribution in [2.24, 2.45) is 0 Å². The third kappa shape index (κ3) is 4.34. The van der Waals surface area contributed by atoms with E-state index in [1.165, 1.54) is 6.07 Å². The lowest BCUT2D eigenvalue weighted by atomic mass is 10.2. The van der Waals surface area contributed by atoms with Crippen LogP contribution in [0.4, 0.5) is 5.69 Å². The second-order valence-electron chi connectivity index (χ2n) is 4.74. The molecule has 6 nitrogen and oxygen atoms in total. The molecule has 1 aromatic carbocycles. The van der Waals surface area contributed by atoms with Gasteiger partial charge in [0.1, 0.15) is 0 Å². The number of carbonyl (C=O) groups is 2. The molecule has 0 unspecified atom stereocenters. The summed E-state index contributed by atoms with van der Waals surface area (Å²) in [5.41, 5.74) is 6.42. The van der Waals surface area contributed by atoms with Gasteiger partial charge in [-0.05, 0) is 18.2 Å². The maximum Gasteiger partial charge on any atom is 0.252 e.